The number of nitrogens with one attached hydrogen (secondary N) is 1. The molecule has 144 valence electrons. The van der Waals surface area contributed by atoms with E-state index in [1.807, 2.05) is 36.4 Å². The zero-order valence-electron chi connectivity index (χ0n) is 15.4. The van der Waals surface area contributed by atoms with Crippen molar-refractivity contribution in [2.45, 2.75) is 37.5 Å². The molecule has 0 radical (unpaired) electrons. The Labute approximate surface area is 167 Å². The fourth-order valence-electron chi connectivity index (χ4n) is 3.15. The van der Waals surface area contributed by atoms with Crippen molar-refractivity contribution in [3.8, 4) is 5.75 Å². The van der Waals surface area contributed by atoms with Crippen molar-refractivity contribution in [1.29, 1.82) is 0 Å². The van der Waals surface area contributed by atoms with Gasteiger partial charge in [0.2, 0.25) is 5.91 Å². The van der Waals surface area contributed by atoms with Crippen molar-refractivity contribution in [2.75, 3.05) is 11.1 Å². The van der Waals surface area contributed by atoms with Crippen molar-refractivity contribution in [3.05, 3.63) is 65.5 Å². The van der Waals surface area contributed by atoms with Crippen LogP contribution in [0.3, 0.4) is 0 Å². The number of hydrogen-bond acceptors (Lipinski definition) is 6. The zero-order valence-corrected chi connectivity index (χ0v) is 16.2. The Morgan fingerprint density at radius 2 is 1.89 bits per heavy atom. The molecule has 28 heavy (non-hydrogen) atoms. The van der Waals surface area contributed by atoms with Crippen molar-refractivity contribution in [3.63, 3.8) is 0 Å². The van der Waals surface area contributed by atoms with Crippen LogP contribution in [0.15, 0.2) is 58.2 Å². The van der Waals surface area contributed by atoms with E-state index in [4.69, 9.17) is 9.15 Å². The molecule has 7 heteroatoms. The largest absolute Gasteiger partial charge is 0.484 e. The van der Waals surface area contributed by atoms with Crippen LogP contribution >= 0.6 is 11.8 Å². The molecule has 1 aliphatic carbocycles. The molecule has 0 unspecified atom stereocenters. The molecule has 3 aromatic rings. The number of anilines is 1. The van der Waals surface area contributed by atoms with Crippen LogP contribution in [-0.2, 0) is 24.2 Å². The third-order valence-corrected chi connectivity index (χ3v) is 5.33. The van der Waals surface area contributed by atoms with Gasteiger partial charge in [0, 0.05) is 5.69 Å². The minimum absolute atomic E-state index is 0.124. The average Bonchev–Trinajstić information content (AvgIpc) is 3.19. The third kappa shape index (κ3) is 4.92. The van der Waals surface area contributed by atoms with E-state index in [9.17, 15) is 4.79 Å². The molecule has 1 amide bonds. The van der Waals surface area contributed by atoms with Crippen molar-refractivity contribution < 1.29 is 13.9 Å². The second-order valence-electron chi connectivity index (χ2n) is 6.59. The molecule has 1 aliphatic rings. The van der Waals surface area contributed by atoms with Gasteiger partial charge in [0.1, 0.15) is 5.75 Å². The first-order valence-electron chi connectivity index (χ1n) is 9.31. The Balaban J connectivity index is 1.26. The summed E-state index contributed by atoms with van der Waals surface area (Å²) in [6.07, 6.45) is 4.76. The molecule has 0 aliphatic heterocycles. The lowest BCUT2D eigenvalue weighted by Gasteiger charge is -2.16. The maximum atomic E-state index is 12.0. The van der Waals surface area contributed by atoms with Crippen LogP contribution in [0, 0.1) is 0 Å². The first-order valence-corrected chi connectivity index (χ1v) is 10.3. The van der Waals surface area contributed by atoms with E-state index in [1.54, 1.807) is 0 Å². The van der Waals surface area contributed by atoms with Gasteiger partial charge in [-0.3, -0.25) is 4.79 Å². The van der Waals surface area contributed by atoms with Crippen LogP contribution in [0.25, 0.3) is 0 Å². The van der Waals surface area contributed by atoms with E-state index in [0.29, 0.717) is 11.1 Å². The van der Waals surface area contributed by atoms with E-state index in [-0.39, 0.29) is 18.3 Å². The Hall–Kier alpha value is -2.80. The molecule has 0 fully saturated rings. The van der Waals surface area contributed by atoms with Crippen LogP contribution in [0.1, 0.15) is 29.9 Å². The monoisotopic (exact) mass is 395 g/mol. The predicted molar refractivity (Wildman–Crippen MR) is 108 cm³/mol. The van der Waals surface area contributed by atoms with Crippen molar-refractivity contribution in [2.24, 2.45) is 0 Å². The highest BCUT2D eigenvalue weighted by molar-refractivity contribution is 7.99. The number of aromatic nitrogens is 2. The number of thioether (sulfide) groups is 1. The summed E-state index contributed by atoms with van der Waals surface area (Å²) in [5.74, 6) is 1.28. The summed E-state index contributed by atoms with van der Waals surface area (Å²) >= 11 is 1.20. The molecular formula is C21H21N3O3S. The number of carbonyl (C=O) groups excluding carboxylic acids is 1. The summed E-state index contributed by atoms with van der Waals surface area (Å²) in [7, 11) is 0. The number of fused-ring (bicyclic) bond motifs is 1. The van der Waals surface area contributed by atoms with Gasteiger partial charge in [0.15, 0.2) is 6.61 Å². The summed E-state index contributed by atoms with van der Waals surface area (Å²) in [5.41, 5.74) is 3.55. The second-order valence-corrected chi connectivity index (χ2v) is 7.52. The van der Waals surface area contributed by atoms with E-state index in [2.05, 4.69) is 27.6 Å². The number of para-hydroxylation sites is 1. The molecule has 0 spiro atoms. The smallest absolute Gasteiger partial charge is 0.277 e. The number of ether oxygens (including phenoxy) is 1. The lowest BCUT2D eigenvalue weighted by atomic mass is 9.92. The number of amides is 1. The highest BCUT2D eigenvalue weighted by atomic mass is 32.2. The summed E-state index contributed by atoms with van der Waals surface area (Å²) in [6.45, 7) is 0.211. The van der Waals surface area contributed by atoms with Crippen LogP contribution < -0.4 is 10.1 Å². The molecule has 1 aromatic heterocycles. The number of hydrogen-bond donors (Lipinski definition) is 1. The predicted octanol–water partition coefficient (Wildman–Crippen LogP) is 4.26. The van der Waals surface area contributed by atoms with E-state index < -0.39 is 0 Å². The van der Waals surface area contributed by atoms with Gasteiger partial charge in [-0.15, -0.1) is 10.2 Å². The summed E-state index contributed by atoms with van der Waals surface area (Å²) in [5, 5.41) is 11.1. The fourth-order valence-corrected chi connectivity index (χ4v) is 3.73. The minimum atomic E-state index is -0.124. The van der Waals surface area contributed by atoms with E-state index in [1.165, 1.54) is 35.7 Å². The lowest BCUT2D eigenvalue weighted by molar-refractivity contribution is -0.113. The van der Waals surface area contributed by atoms with Gasteiger partial charge in [0.05, 0.1) is 5.75 Å². The second kappa shape index (κ2) is 8.93. The zero-order chi connectivity index (χ0) is 19.2. The van der Waals surface area contributed by atoms with Gasteiger partial charge in [-0.05, 0) is 61.1 Å². The summed E-state index contributed by atoms with van der Waals surface area (Å²) in [4.78, 5) is 12.0. The Morgan fingerprint density at radius 1 is 1.07 bits per heavy atom. The summed E-state index contributed by atoms with van der Waals surface area (Å²) < 4.78 is 11.3. The Kier molecular flexibility index (Phi) is 5.92. The molecule has 2 aromatic carbocycles. The first-order chi connectivity index (χ1) is 13.8. The van der Waals surface area contributed by atoms with E-state index in [0.717, 1.165) is 24.3 Å². The number of benzene rings is 2. The molecule has 0 saturated heterocycles. The SMILES string of the molecule is O=C(CSc1nnc(COc2ccc3c(c2)CCCC3)o1)Nc1ccccc1. The molecule has 1 N–H and O–H groups in total. The highest BCUT2D eigenvalue weighted by Gasteiger charge is 2.12. The molecular weight excluding hydrogens is 374 g/mol. The standard InChI is InChI=1S/C21H21N3O3S/c25-19(22-17-8-2-1-3-9-17)14-28-21-24-23-20(27-21)13-26-18-11-10-15-6-4-5-7-16(15)12-18/h1-3,8-12H,4-7,13-14H2,(H,22,25). The quantitative estimate of drug-likeness (QED) is 0.603. The molecule has 0 bridgehead atoms. The molecule has 4 rings (SSSR count). The topological polar surface area (TPSA) is 77.2 Å². The van der Waals surface area contributed by atoms with Crippen LogP contribution in [-0.4, -0.2) is 21.9 Å². The molecule has 6 nitrogen and oxygen atoms in total. The van der Waals surface area contributed by atoms with Gasteiger partial charge >= 0.3 is 0 Å². The number of rotatable bonds is 7. The first kappa shape index (κ1) is 18.6. The normalized spacial score (nSPS) is 13.0. The number of aryl methyl sites for hydroxylation is 2. The third-order valence-electron chi connectivity index (χ3n) is 4.51. The van der Waals surface area contributed by atoms with Crippen molar-refractivity contribution in [1.82, 2.24) is 10.2 Å². The minimum Gasteiger partial charge on any atom is -0.484 e. The highest BCUT2D eigenvalue weighted by Crippen LogP contribution is 2.26. The lowest BCUT2D eigenvalue weighted by Crippen LogP contribution is -2.13. The Bertz CT molecular complexity index is 943. The number of carbonyl (C=O) groups is 1. The maximum Gasteiger partial charge on any atom is 0.277 e. The van der Waals surface area contributed by atoms with Crippen LogP contribution in [0.4, 0.5) is 5.69 Å². The average molecular weight is 395 g/mol. The van der Waals surface area contributed by atoms with Gasteiger partial charge in [0.25, 0.3) is 11.1 Å². The van der Waals surface area contributed by atoms with Crippen LogP contribution in [0.5, 0.6) is 5.75 Å². The summed E-state index contributed by atoms with van der Waals surface area (Å²) in [6, 6.07) is 15.6. The maximum absolute atomic E-state index is 12.0. The molecule has 0 saturated carbocycles. The number of nitrogens with zero attached hydrogens (tertiary/aromatic N) is 2. The molecule has 0 atom stereocenters. The van der Waals surface area contributed by atoms with Gasteiger partial charge < -0.3 is 14.5 Å². The van der Waals surface area contributed by atoms with E-state index >= 15 is 0 Å². The fraction of sp³-hybridized carbons (Fsp3) is 0.286. The van der Waals surface area contributed by atoms with Gasteiger partial charge in [-0.25, -0.2) is 0 Å². The van der Waals surface area contributed by atoms with Crippen LogP contribution in [0.2, 0.25) is 0 Å². The Morgan fingerprint density at radius 3 is 2.75 bits per heavy atom. The molecule has 1 heterocycles. The van der Waals surface area contributed by atoms with Gasteiger partial charge in [-0.1, -0.05) is 36.0 Å². The van der Waals surface area contributed by atoms with Gasteiger partial charge in [-0.2, -0.15) is 0 Å². The van der Waals surface area contributed by atoms with Crippen molar-refractivity contribution >= 4 is 23.4 Å².